The number of ether oxygens (including phenoxy) is 1. The lowest BCUT2D eigenvalue weighted by molar-refractivity contribution is 0.0194. The lowest BCUT2D eigenvalue weighted by Crippen LogP contribution is -2.47. The number of guanidine groups is 1. The third kappa shape index (κ3) is 5.19. The van der Waals surface area contributed by atoms with Crippen molar-refractivity contribution in [3.63, 3.8) is 0 Å². The quantitative estimate of drug-likeness (QED) is 0.383. The number of hydrogen-bond donors (Lipinski definition) is 2. The van der Waals surface area contributed by atoms with E-state index in [4.69, 9.17) is 9.73 Å². The molecule has 2 N–H and O–H groups in total. The van der Waals surface area contributed by atoms with Crippen molar-refractivity contribution >= 4 is 29.9 Å². The average Bonchev–Trinajstić information content (AvgIpc) is 3.22. The maximum absolute atomic E-state index is 10.5. The van der Waals surface area contributed by atoms with E-state index in [1.165, 1.54) is 6.42 Å². The van der Waals surface area contributed by atoms with Crippen molar-refractivity contribution in [1.82, 2.24) is 15.1 Å². The smallest absolute Gasteiger partial charge is 0.194 e. The average molecular weight is 452 g/mol. The first kappa shape index (κ1) is 20.2. The Morgan fingerprint density at radius 3 is 2.62 bits per heavy atom. The second-order valence-electron chi connectivity index (χ2n) is 7.14. The normalized spacial score (nSPS) is 28.0. The highest BCUT2D eigenvalue weighted by Gasteiger charge is 2.33. The van der Waals surface area contributed by atoms with Gasteiger partial charge in [-0.15, -0.1) is 24.0 Å². The van der Waals surface area contributed by atoms with E-state index < -0.39 is 5.60 Å². The van der Waals surface area contributed by atoms with Gasteiger partial charge in [-0.3, -0.25) is 9.89 Å². The molecule has 1 aliphatic carbocycles. The van der Waals surface area contributed by atoms with Gasteiger partial charge in [0.1, 0.15) is 0 Å². The van der Waals surface area contributed by atoms with Gasteiger partial charge in [-0.25, -0.2) is 0 Å². The molecular weight excluding hydrogens is 419 g/mol. The van der Waals surface area contributed by atoms with Crippen LogP contribution in [0.3, 0.4) is 0 Å². The minimum atomic E-state index is -0.565. The standard InChI is InChI=1S/C17H32N4O2.HI/c1-2-18-16(19-14-17(22)6-3-4-7-17)21-8-5-15(13-21)20-9-11-23-12-10-20;/h15,22H,2-14H2,1H3,(H,18,19);1H. The third-order valence-corrected chi connectivity index (χ3v) is 5.42. The van der Waals surface area contributed by atoms with Gasteiger partial charge in [0.05, 0.1) is 25.4 Å². The zero-order valence-electron chi connectivity index (χ0n) is 14.9. The van der Waals surface area contributed by atoms with Gasteiger partial charge >= 0.3 is 0 Å². The summed E-state index contributed by atoms with van der Waals surface area (Å²) in [4.78, 5) is 9.68. The molecule has 0 spiro atoms. The van der Waals surface area contributed by atoms with Crippen LogP contribution in [0.1, 0.15) is 39.0 Å². The van der Waals surface area contributed by atoms with Crippen molar-refractivity contribution < 1.29 is 9.84 Å². The van der Waals surface area contributed by atoms with Crippen LogP contribution >= 0.6 is 24.0 Å². The van der Waals surface area contributed by atoms with Crippen LogP contribution in [0.15, 0.2) is 4.99 Å². The Balaban J connectivity index is 0.00000208. The first-order valence-electron chi connectivity index (χ1n) is 9.28. The van der Waals surface area contributed by atoms with E-state index in [0.717, 1.165) is 77.6 Å². The predicted molar refractivity (Wildman–Crippen MR) is 107 cm³/mol. The fourth-order valence-electron chi connectivity index (χ4n) is 4.01. The van der Waals surface area contributed by atoms with Crippen molar-refractivity contribution in [2.75, 3.05) is 52.5 Å². The zero-order chi connectivity index (χ0) is 16.1. The highest BCUT2D eigenvalue weighted by molar-refractivity contribution is 14.0. The van der Waals surface area contributed by atoms with Crippen LogP contribution in [0.2, 0.25) is 0 Å². The van der Waals surface area contributed by atoms with Crippen LogP contribution in [0.4, 0.5) is 0 Å². The van der Waals surface area contributed by atoms with Crippen LogP contribution in [0.25, 0.3) is 0 Å². The number of nitrogens with zero attached hydrogens (tertiary/aromatic N) is 3. The van der Waals surface area contributed by atoms with Gasteiger partial charge in [-0.2, -0.15) is 0 Å². The Bertz CT molecular complexity index is 409. The summed E-state index contributed by atoms with van der Waals surface area (Å²) in [6.07, 6.45) is 5.24. The minimum absolute atomic E-state index is 0. The molecule has 6 nitrogen and oxygen atoms in total. The molecule has 0 aromatic heterocycles. The van der Waals surface area contributed by atoms with Crippen LogP contribution in [-0.2, 0) is 4.74 Å². The van der Waals surface area contributed by atoms with Gasteiger partial charge in [-0.1, -0.05) is 12.8 Å². The molecule has 1 unspecified atom stereocenters. The van der Waals surface area contributed by atoms with Gasteiger partial charge in [0.15, 0.2) is 5.96 Å². The molecule has 0 radical (unpaired) electrons. The molecule has 3 fully saturated rings. The SMILES string of the molecule is CCNC(=NCC1(O)CCCC1)N1CCC(N2CCOCC2)C1.I. The molecule has 3 rings (SSSR count). The lowest BCUT2D eigenvalue weighted by atomic mass is 10.0. The summed E-state index contributed by atoms with van der Waals surface area (Å²) in [5.41, 5.74) is -0.565. The van der Waals surface area contributed by atoms with Crippen molar-refractivity contribution in [2.24, 2.45) is 4.99 Å². The van der Waals surface area contributed by atoms with E-state index in [2.05, 4.69) is 22.0 Å². The van der Waals surface area contributed by atoms with Crippen LogP contribution in [-0.4, -0.2) is 85.0 Å². The number of morpholine rings is 1. The number of hydrogen-bond acceptors (Lipinski definition) is 4. The Morgan fingerprint density at radius 1 is 1.25 bits per heavy atom. The van der Waals surface area contributed by atoms with Crippen LogP contribution in [0.5, 0.6) is 0 Å². The van der Waals surface area contributed by atoms with Crippen molar-refractivity contribution in [3.05, 3.63) is 0 Å². The van der Waals surface area contributed by atoms with E-state index in [-0.39, 0.29) is 24.0 Å². The fraction of sp³-hybridized carbons (Fsp3) is 0.941. The zero-order valence-corrected chi connectivity index (χ0v) is 17.2. The van der Waals surface area contributed by atoms with Crippen molar-refractivity contribution in [3.8, 4) is 0 Å². The summed E-state index contributed by atoms with van der Waals surface area (Å²) >= 11 is 0. The van der Waals surface area contributed by atoms with E-state index in [1.54, 1.807) is 0 Å². The van der Waals surface area contributed by atoms with Gasteiger partial charge in [0.2, 0.25) is 0 Å². The molecule has 0 amide bonds. The van der Waals surface area contributed by atoms with Crippen molar-refractivity contribution in [1.29, 1.82) is 0 Å². The second-order valence-corrected chi connectivity index (χ2v) is 7.14. The lowest BCUT2D eigenvalue weighted by Gasteiger charge is -2.32. The maximum Gasteiger partial charge on any atom is 0.194 e. The summed E-state index contributed by atoms with van der Waals surface area (Å²) in [6.45, 7) is 9.41. The summed E-state index contributed by atoms with van der Waals surface area (Å²) in [5.74, 6) is 0.976. The molecule has 2 heterocycles. The maximum atomic E-state index is 10.5. The molecule has 3 aliphatic rings. The fourth-order valence-corrected chi connectivity index (χ4v) is 4.01. The molecule has 140 valence electrons. The molecule has 1 saturated carbocycles. The van der Waals surface area contributed by atoms with E-state index in [9.17, 15) is 5.11 Å². The summed E-state index contributed by atoms with van der Waals surface area (Å²) in [5, 5.41) is 13.9. The number of likely N-dealkylation sites (tertiary alicyclic amines) is 1. The molecule has 24 heavy (non-hydrogen) atoms. The summed E-state index contributed by atoms with van der Waals surface area (Å²) in [6, 6.07) is 0.609. The first-order valence-corrected chi connectivity index (χ1v) is 9.28. The number of halogens is 1. The van der Waals surface area contributed by atoms with Gasteiger partial charge in [0.25, 0.3) is 0 Å². The van der Waals surface area contributed by atoms with Gasteiger partial charge in [-0.05, 0) is 26.2 Å². The Hall–Kier alpha value is -0.120. The molecule has 0 bridgehead atoms. The van der Waals surface area contributed by atoms with E-state index >= 15 is 0 Å². The molecule has 7 heteroatoms. The second kappa shape index (κ2) is 9.54. The number of aliphatic hydroxyl groups is 1. The van der Waals surface area contributed by atoms with Crippen LogP contribution < -0.4 is 5.32 Å². The Kier molecular flexibility index (Phi) is 8.03. The molecule has 2 aliphatic heterocycles. The van der Waals surface area contributed by atoms with Gasteiger partial charge < -0.3 is 20.1 Å². The largest absolute Gasteiger partial charge is 0.388 e. The monoisotopic (exact) mass is 452 g/mol. The summed E-state index contributed by atoms with van der Waals surface area (Å²) < 4.78 is 5.46. The highest BCUT2D eigenvalue weighted by Crippen LogP contribution is 2.29. The molecule has 0 aromatic rings. The van der Waals surface area contributed by atoms with E-state index in [0.29, 0.717) is 12.6 Å². The van der Waals surface area contributed by atoms with E-state index in [1.807, 2.05) is 0 Å². The first-order chi connectivity index (χ1) is 11.2. The van der Waals surface area contributed by atoms with Crippen molar-refractivity contribution in [2.45, 2.75) is 50.7 Å². The molecular formula is C17H33IN4O2. The summed E-state index contributed by atoms with van der Waals surface area (Å²) in [7, 11) is 0. The van der Waals surface area contributed by atoms with Gasteiger partial charge in [0, 0.05) is 38.8 Å². The Morgan fingerprint density at radius 2 is 1.96 bits per heavy atom. The molecule has 1 atom stereocenters. The number of nitrogens with one attached hydrogen (secondary N) is 1. The van der Waals surface area contributed by atoms with Crippen LogP contribution in [0, 0.1) is 0 Å². The third-order valence-electron chi connectivity index (χ3n) is 5.42. The highest BCUT2D eigenvalue weighted by atomic mass is 127. The Labute approximate surface area is 163 Å². The number of rotatable bonds is 4. The molecule has 2 saturated heterocycles. The number of aliphatic imine (C=N–C) groups is 1. The minimum Gasteiger partial charge on any atom is -0.388 e. The molecule has 0 aromatic carbocycles. The topological polar surface area (TPSA) is 60.3 Å². The predicted octanol–water partition coefficient (Wildman–Crippen LogP) is 1.28.